The first-order chi connectivity index (χ1) is 15.4. The Kier molecular flexibility index (Phi) is 6.62. The van der Waals surface area contributed by atoms with Gasteiger partial charge in [-0.1, -0.05) is 26.0 Å². The molecule has 3 aliphatic rings. The highest BCUT2D eigenvalue weighted by molar-refractivity contribution is 6.08. The summed E-state index contributed by atoms with van der Waals surface area (Å²) in [5, 5.41) is 7.30. The second-order valence-electron chi connectivity index (χ2n) is 9.52. The first-order valence-electron chi connectivity index (χ1n) is 11.8. The van der Waals surface area contributed by atoms with E-state index in [0.717, 1.165) is 31.6 Å². The van der Waals surface area contributed by atoms with Gasteiger partial charge >= 0.3 is 5.69 Å². The van der Waals surface area contributed by atoms with Crippen LogP contribution in [-0.4, -0.2) is 49.6 Å². The summed E-state index contributed by atoms with van der Waals surface area (Å²) in [7, 11) is 0. The lowest BCUT2D eigenvalue weighted by atomic mass is 9.85. The van der Waals surface area contributed by atoms with Gasteiger partial charge in [-0.15, -0.1) is 0 Å². The Hall–Kier alpha value is -2.71. The molecule has 1 aliphatic carbocycles. The molecule has 3 unspecified atom stereocenters. The third-order valence-corrected chi connectivity index (χ3v) is 6.73. The SMILES string of the molecule is CC(C)CC(C(=O)NCCCn1nc2n(c1=O)CCCC2)N1C(=O)C2CC=CCC2C1=O. The van der Waals surface area contributed by atoms with Gasteiger partial charge in [0.05, 0.1) is 11.8 Å². The molecule has 0 bridgehead atoms. The van der Waals surface area contributed by atoms with Gasteiger partial charge in [0.25, 0.3) is 0 Å². The average Bonchev–Trinajstić information content (AvgIpc) is 3.23. The predicted molar refractivity (Wildman–Crippen MR) is 118 cm³/mol. The van der Waals surface area contributed by atoms with Crippen LogP contribution in [0.5, 0.6) is 0 Å². The number of carbonyl (C=O) groups is 3. The molecule has 1 fully saturated rings. The molecule has 0 aromatic carbocycles. The smallest absolute Gasteiger partial charge is 0.345 e. The highest BCUT2D eigenvalue weighted by Crippen LogP contribution is 2.37. The van der Waals surface area contributed by atoms with Crippen LogP contribution in [0.25, 0.3) is 0 Å². The Bertz CT molecular complexity index is 950. The van der Waals surface area contributed by atoms with Crippen LogP contribution in [0.4, 0.5) is 0 Å². The van der Waals surface area contributed by atoms with Gasteiger partial charge in [0.1, 0.15) is 11.9 Å². The van der Waals surface area contributed by atoms with Gasteiger partial charge < -0.3 is 5.32 Å². The molecule has 1 N–H and O–H groups in total. The van der Waals surface area contributed by atoms with Crippen LogP contribution in [0.2, 0.25) is 0 Å². The van der Waals surface area contributed by atoms with Crippen molar-refractivity contribution in [2.75, 3.05) is 6.54 Å². The minimum absolute atomic E-state index is 0.0896. The largest absolute Gasteiger partial charge is 0.354 e. The number of nitrogens with one attached hydrogen (secondary N) is 1. The van der Waals surface area contributed by atoms with Gasteiger partial charge in [0.2, 0.25) is 17.7 Å². The summed E-state index contributed by atoms with van der Waals surface area (Å²) in [4.78, 5) is 52.6. The van der Waals surface area contributed by atoms with E-state index < -0.39 is 6.04 Å². The second-order valence-corrected chi connectivity index (χ2v) is 9.52. The van der Waals surface area contributed by atoms with Crippen LogP contribution in [0.3, 0.4) is 0 Å². The number of hydrogen-bond acceptors (Lipinski definition) is 5. The van der Waals surface area contributed by atoms with Crippen molar-refractivity contribution in [2.24, 2.45) is 17.8 Å². The van der Waals surface area contributed by atoms with Crippen molar-refractivity contribution in [2.45, 2.75) is 77.9 Å². The highest BCUT2D eigenvalue weighted by Gasteiger charge is 2.51. The number of nitrogens with zero attached hydrogens (tertiary/aromatic N) is 4. The highest BCUT2D eigenvalue weighted by atomic mass is 16.2. The van der Waals surface area contributed by atoms with Crippen molar-refractivity contribution in [3.8, 4) is 0 Å². The zero-order valence-corrected chi connectivity index (χ0v) is 19.0. The van der Waals surface area contributed by atoms with Crippen molar-refractivity contribution in [3.05, 3.63) is 28.5 Å². The Balaban J connectivity index is 1.37. The summed E-state index contributed by atoms with van der Waals surface area (Å²) in [6, 6.07) is -0.789. The van der Waals surface area contributed by atoms with Gasteiger partial charge in [-0.3, -0.25) is 23.9 Å². The summed E-state index contributed by atoms with van der Waals surface area (Å²) in [5.41, 5.74) is -0.0896. The number of hydrogen-bond donors (Lipinski definition) is 1. The third kappa shape index (κ3) is 4.29. The normalized spacial score (nSPS) is 23.4. The lowest BCUT2D eigenvalue weighted by Crippen LogP contribution is -2.50. The molecule has 0 radical (unpaired) electrons. The van der Waals surface area contributed by atoms with Crippen LogP contribution in [0, 0.1) is 17.8 Å². The van der Waals surface area contributed by atoms with Crippen molar-refractivity contribution in [1.82, 2.24) is 24.6 Å². The molecule has 3 atom stereocenters. The zero-order chi connectivity index (χ0) is 22.8. The molecule has 3 amide bonds. The molecule has 4 rings (SSSR count). The van der Waals surface area contributed by atoms with E-state index in [-0.39, 0.29) is 41.2 Å². The Labute approximate surface area is 187 Å². The topological polar surface area (TPSA) is 106 Å². The summed E-state index contributed by atoms with van der Waals surface area (Å²) >= 11 is 0. The van der Waals surface area contributed by atoms with E-state index in [1.807, 2.05) is 26.0 Å². The predicted octanol–water partition coefficient (Wildman–Crippen LogP) is 1.25. The molecule has 9 nitrogen and oxygen atoms in total. The summed E-state index contributed by atoms with van der Waals surface area (Å²) in [6.07, 6.45) is 8.87. The van der Waals surface area contributed by atoms with E-state index in [9.17, 15) is 19.2 Å². The zero-order valence-electron chi connectivity index (χ0n) is 19.0. The number of carbonyl (C=O) groups excluding carboxylic acids is 3. The summed E-state index contributed by atoms with van der Waals surface area (Å²) in [6.45, 7) is 5.45. The number of allylic oxidation sites excluding steroid dienone is 2. The van der Waals surface area contributed by atoms with E-state index >= 15 is 0 Å². The fraction of sp³-hybridized carbons (Fsp3) is 0.696. The maximum absolute atomic E-state index is 13.0. The Morgan fingerprint density at radius 3 is 2.44 bits per heavy atom. The van der Waals surface area contributed by atoms with Gasteiger partial charge in [-0.25, -0.2) is 9.48 Å². The molecule has 32 heavy (non-hydrogen) atoms. The third-order valence-electron chi connectivity index (χ3n) is 6.73. The van der Waals surface area contributed by atoms with E-state index in [4.69, 9.17) is 0 Å². The summed E-state index contributed by atoms with van der Waals surface area (Å²) in [5.74, 6) is -0.432. The minimum atomic E-state index is -0.789. The first-order valence-corrected chi connectivity index (χ1v) is 11.8. The number of imide groups is 1. The van der Waals surface area contributed by atoms with Gasteiger partial charge in [-0.2, -0.15) is 5.10 Å². The number of amides is 3. The molecule has 0 saturated carbocycles. The molecular weight excluding hydrogens is 410 g/mol. The van der Waals surface area contributed by atoms with Crippen LogP contribution in [0.15, 0.2) is 16.9 Å². The van der Waals surface area contributed by atoms with Crippen molar-refractivity contribution in [1.29, 1.82) is 0 Å². The number of aryl methyl sites for hydroxylation is 2. The van der Waals surface area contributed by atoms with E-state index in [0.29, 0.717) is 38.8 Å². The molecular formula is C23H33N5O4. The van der Waals surface area contributed by atoms with E-state index in [1.165, 1.54) is 9.58 Å². The maximum Gasteiger partial charge on any atom is 0.345 e. The molecule has 1 saturated heterocycles. The molecule has 174 valence electrons. The minimum Gasteiger partial charge on any atom is -0.354 e. The maximum atomic E-state index is 13.0. The number of likely N-dealkylation sites (tertiary alicyclic amines) is 1. The van der Waals surface area contributed by atoms with Gasteiger partial charge in [0.15, 0.2) is 0 Å². The monoisotopic (exact) mass is 443 g/mol. The molecule has 9 heteroatoms. The van der Waals surface area contributed by atoms with Crippen molar-refractivity contribution < 1.29 is 14.4 Å². The molecule has 3 heterocycles. The Morgan fingerprint density at radius 2 is 1.81 bits per heavy atom. The Morgan fingerprint density at radius 1 is 1.12 bits per heavy atom. The average molecular weight is 444 g/mol. The fourth-order valence-corrected chi connectivity index (χ4v) is 5.06. The lowest BCUT2D eigenvalue weighted by Gasteiger charge is -2.27. The number of aromatic nitrogens is 3. The van der Waals surface area contributed by atoms with Crippen LogP contribution < -0.4 is 11.0 Å². The van der Waals surface area contributed by atoms with E-state index in [2.05, 4.69) is 10.4 Å². The standard InChI is InChI=1S/C23H33N5O4/c1-15(2)14-18(28-21(30)16-8-3-4-9-17(16)22(28)31)20(29)24-11-7-13-27-23(32)26-12-6-5-10-19(26)25-27/h3-4,15-18H,5-14H2,1-2H3,(H,24,29). The lowest BCUT2D eigenvalue weighted by molar-refractivity contribution is -0.148. The van der Waals surface area contributed by atoms with Crippen LogP contribution >= 0.6 is 0 Å². The van der Waals surface area contributed by atoms with Crippen LogP contribution in [-0.2, 0) is 33.9 Å². The van der Waals surface area contributed by atoms with Crippen LogP contribution in [0.1, 0.15) is 58.2 Å². The van der Waals surface area contributed by atoms with E-state index in [1.54, 1.807) is 4.57 Å². The summed E-state index contributed by atoms with van der Waals surface area (Å²) < 4.78 is 3.21. The molecule has 1 aromatic rings. The quantitative estimate of drug-likeness (QED) is 0.370. The first kappa shape index (κ1) is 22.5. The van der Waals surface area contributed by atoms with Crippen molar-refractivity contribution in [3.63, 3.8) is 0 Å². The van der Waals surface area contributed by atoms with Gasteiger partial charge in [0, 0.05) is 26.1 Å². The molecule has 2 aliphatic heterocycles. The number of rotatable bonds is 8. The van der Waals surface area contributed by atoms with Gasteiger partial charge in [-0.05, 0) is 44.4 Å². The van der Waals surface area contributed by atoms with Crippen molar-refractivity contribution >= 4 is 17.7 Å². The molecule has 1 aromatic heterocycles. The fourth-order valence-electron chi connectivity index (χ4n) is 5.06. The molecule has 0 spiro atoms. The second kappa shape index (κ2) is 9.42. The number of fused-ring (bicyclic) bond motifs is 2.